The van der Waals surface area contributed by atoms with Gasteiger partial charge in [-0.2, -0.15) is 0 Å². The molecule has 1 atom stereocenters. The summed E-state index contributed by atoms with van der Waals surface area (Å²) >= 11 is 1.56. The van der Waals surface area contributed by atoms with Crippen molar-refractivity contribution in [2.45, 2.75) is 64.6 Å². The van der Waals surface area contributed by atoms with Crippen LogP contribution in [0.1, 0.15) is 52.2 Å². The van der Waals surface area contributed by atoms with Gasteiger partial charge >= 0.3 is 0 Å². The average Bonchev–Trinajstić information content (AvgIpc) is 3.03. The molecule has 0 fully saturated rings. The molecule has 0 saturated carbocycles. The molecule has 0 amide bonds. The molecular formula is C24H30N4OS. The number of hydrogen-bond donors (Lipinski definition) is 0. The largest absolute Gasteiger partial charge is 0.268 e. The van der Waals surface area contributed by atoms with Gasteiger partial charge in [0.25, 0.3) is 5.56 Å². The van der Waals surface area contributed by atoms with Crippen molar-refractivity contribution >= 4 is 17.5 Å². The number of nitrogens with zero attached hydrogens (tertiary/aromatic N) is 4. The van der Waals surface area contributed by atoms with Crippen molar-refractivity contribution in [2.24, 2.45) is 5.92 Å². The Hall–Kier alpha value is -2.34. The second-order valence-corrected chi connectivity index (χ2v) is 10.1. The molecule has 158 valence electrons. The molecule has 0 N–H and O–H groups in total. The van der Waals surface area contributed by atoms with Crippen LogP contribution in [0.25, 0.3) is 17.0 Å². The summed E-state index contributed by atoms with van der Waals surface area (Å²) in [4.78, 5) is 19.0. The Kier molecular flexibility index (Phi) is 5.39. The lowest BCUT2D eigenvalue weighted by molar-refractivity contribution is 0.439. The van der Waals surface area contributed by atoms with Gasteiger partial charge in [0.1, 0.15) is 0 Å². The Morgan fingerprint density at radius 3 is 2.73 bits per heavy atom. The van der Waals surface area contributed by atoms with Gasteiger partial charge in [0, 0.05) is 23.3 Å². The van der Waals surface area contributed by atoms with Crippen LogP contribution in [0, 0.1) is 5.92 Å². The van der Waals surface area contributed by atoms with Crippen LogP contribution in [0.2, 0.25) is 0 Å². The van der Waals surface area contributed by atoms with E-state index in [0.717, 1.165) is 47.5 Å². The molecule has 6 heteroatoms. The minimum absolute atomic E-state index is 0.0214. The van der Waals surface area contributed by atoms with Crippen molar-refractivity contribution in [1.82, 2.24) is 19.2 Å². The van der Waals surface area contributed by atoms with Crippen LogP contribution in [0.15, 0.2) is 46.4 Å². The van der Waals surface area contributed by atoms with Crippen molar-refractivity contribution in [2.75, 3.05) is 5.75 Å². The first-order valence-electron chi connectivity index (χ1n) is 10.6. The fraction of sp³-hybridized carbons (Fsp3) is 0.458. The topological polar surface area (TPSA) is 52.2 Å². The molecule has 30 heavy (non-hydrogen) atoms. The molecule has 1 aliphatic rings. The van der Waals surface area contributed by atoms with Crippen LogP contribution in [-0.4, -0.2) is 24.9 Å². The van der Waals surface area contributed by atoms with E-state index in [9.17, 15) is 4.79 Å². The van der Waals surface area contributed by atoms with E-state index < -0.39 is 0 Å². The monoisotopic (exact) mass is 422 g/mol. The third-order valence-electron chi connectivity index (χ3n) is 5.92. The number of fused-ring (bicyclic) bond motifs is 4. The van der Waals surface area contributed by atoms with E-state index in [0.29, 0.717) is 16.9 Å². The van der Waals surface area contributed by atoms with Gasteiger partial charge in [-0.3, -0.25) is 4.79 Å². The van der Waals surface area contributed by atoms with Gasteiger partial charge in [-0.25, -0.2) is 14.1 Å². The molecule has 0 unspecified atom stereocenters. The SMILES string of the molecule is C=C(C)CSc1nn(CC(C)C)c2nc3c(c(=O)n12)[C@@](C)(CC)Cc1ccccc1-3. The molecular weight excluding hydrogens is 392 g/mol. The van der Waals surface area contributed by atoms with Crippen molar-refractivity contribution in [3.05, 3.63) is 57.9 Å². The maximum atomic E-state index is 14.0. The zero-order valence-corrected chi connectivity index (χ0v) is 19.3. The summed E-state index contributed by atoms with van der Waals surface area (Å²) in [6.45, 7) is 15.4. The minimum Gasteiger partial charge on any atom is -0.268 e. The van der Waals surface area contributed by atoms with Crippen LogP contribution in [0.3, 0.4) is 0 Å². The molecule has 0 aliphatic heterocycles. The first kappa shape index (κ1) is 20.9. The van der Waals surface area contributed by atoms with Crippen LogP contribution < -0.4 is 5.56 Å². The van der Waals surface area contributed by atoms with Crippen molar-refractivity contribution in [3.8, 4) is 11.3 Å². The molecule has 0 radical (unpaired) electrons. The van der Waals surface area contributed by atoms with E-state index in [1.165, 1.54) is 5.56 Å². The molecule has 0 bridgehead atoms. The lowest BCUT2D eigenvalue weighted by Crippen LogP contribution is -2.38. The molecule has 2 heterocycles. The summed E-state index contributed by atoms with van der Waals surface area (Å²) in [7, 11) is 0. The average molecular weight is 423 g/mol. The summed E-state index contributed by atoms with van der Waals surface area (Å²) in [6, 6.07) is 8.35. The Bertz CT molecular complexity index is 1190. The molecule has 1 aliphatic carbocycles. The van der Waals surface area contributed by atoms with E-state index in [1.54, 1.807) is 16.2 Å². The summed E-state index contributed by atoms with van der Waals surface area (Å²) < 4.78 is 3.63. The van der Waals surface area contributed by atoms with Gasteiger partial charge in [-0.15, -0.1) is 5.10 Å². The zero-order valence-electron chi connectivity index (χ0n) is 18.5. The number of thioether (sulfide) groups is 1. The van der Waals surface area contributed by atoms with Gasteiger partial charge in [-0.1, -0.05) is 75.9 Å². The molecule has 2 aromatic heterocycles. The van der Waals surface area contributed by atoms with Crippen molar-refractivity contribution < 1.29 is 0 Å². The quantitative estimate of drug-likeness (QED) is 0.409. The summed E-state index contributed by atoms with van der Waals surface area (Å²) in [5.74, 6) is 1.76. The van der Waals surface area contributed by atoms with Gasteiger partial charge in [-0.05, 0) is 31.2 Å². The number of hydrogen-bond acceptors (Lipinski definition) is 4. The van der Waals surface area contributed by atoms with Crippen LogP contribution in [0.5, 0.6) is 0 Å². The third kappa shape index (κ3) is 3.41. The number of benzene rings is 1. The maximum absolute atomic E-state index is 14.0. The van der Waals surface area contributed by atoms with Crippen molar-refractivity contribution in [3.63, 3.8) is 0 Å². The van der Waals surface area contributed by atoms with Gasteiger partial charge in [0.15, 0.2) is 5.16 Å². The lowest BCUT2D eigenvalue weighted by Gasteiger charge is -2.35. The van der Waals surface area contributed by atoms with E-state index in [2.05, 4.69) is 52.5 Å². The van der Waals surface area contributed by atoms with Gasteiger partial charge in [0.2, 0.25) is 5.78 Å². The van der Waals surface area contributed by atoms with Crippen LogP contribution in [-0.2, 0) is 18.4 Å². The molecule has 0 saturated heterocycles. The molecule has 1 aromatic carbocycles. The molecule has 0 spiro atoms. The van der Waals surface area contributed by atoms with E-state index in [-0.39, 0.29) is 11.0 Å². The Morgan fingerprint density at radius 1 is 1.33 bits per heavy atom. The molecule has 5 nitrogen and oxygen atoms in total. The van der Waals surface area contributed by atoms with Crippen LogP contribution in [0.4, 0.5) is 0 Å². The summed E-state index contributed by atoms with van der Waals surface area (Å²) in [5, 5.41) is 5.50. The highest BCUT2D eigenvalue weighted by atomic mass is 32.2. The lowest BCUT2D eigenvalue weighted by atomic mass is 9.69. The highest BCUT2D eigenvalue weighted by molar-refractivity contribution is 7.99. The maximum Gasteiger partial charge on any atom is 0.265 e. The number of aromatic nitrogens is 4. The standard InChI is InChI=1S/C24H30N4OS/c1-7-24(6)12-17-10-8-9-11-18(17)20-19(24)21(29)28-22(25-20)27(13-15(2)3)26-23(28)30-14-16(4)5/h8-11,15H,4,7,12-14H2,1-3,5-6H3/t24-/m0/s1. The van der Waals surface area contributed by atoms with E-state index in [1.807, 2.05) is 17.7 Å². The zero-order chi connectivity index (χ0) is 21.6. The molecule has 3 aromatic rings. The van der Waals surface area contributed by atoms with Gasteiger partial charge < -0.3 is 0 Å². The first-order chi connectivity index (χ1) is 14.2. The fourth-order valence-corrected chi connectivity index (χ4v) is 5.08. The Morgan fingerprint density at radius 2 is 2.07 bits per heavy atom. The van der Waals surface area contributed by atoms with Crippen LogP contribution >= 0.6 is 11.8 Å². The highest BCUT2D eigenvalue weighted by Crippen LogP contribution is 2.42. The predicted molar refractivity (Wildman–Crippen MR) is 124 cm³/mol. The third-order valence-corrected chi connectivity index (χ3v) is 7.08. The van der Waals surface area contributed by atoms with Crippen molar-refractivity contribution in [1.29, 1.82) is 0 Å². The second kappa shape index (κ2) is 7.73. The van der Waals surface area contributed by atoms with E-state index in [4.69, 9.17) is 10.1 Å². The predicted octanol–water partition coefficient (Wildman–Crippen LogP) is 5.11. The van der Waals surface area contributed by atoms with E-state index >= 15 is 0 Å². The molecule has 4 rings (SSSR count). The Balaban J connectivity index is 2.06. The summed E-state index contributed by atoms with van der Waals surface area (Å²) in [5.41, 5.74) is 4.82. The first-order valence-corrected chi connectivity index (χ1v) is 11.6. The smallest absolute Gasteiger partial charge is 0.265 e. The number of rotatable bonds is 6. The minimum atomic E-state index is -0.245. The fourth-order valence-electron chi connectivity index (χ4n) is 4.25. The normalized spacial score (nSPS) is 17.9. The summed E-state index contributed by atoms with van der Waals surface area (Å²) in [6.07, 6.45) is 1.73. The highest BCUT2D eigenvalue weighted by Gasteiger charge is 2.38. The second-order valence-electron chi connectivity index (χ2n) is 9.13. The Labute approximate surface area is 182 Å². The van der Waals surface area contributed by atoms with Gasteiger partial charge in [0.05, 0.1) is 11.3 Å².